The molecule has 1 heterocycles. The van der Waals surface area contributed by atoms with Gasteiger partial charge < -0.3 is 20.2 Å². The van der Waals surface area contributed by atoms with Crippen LogP contribution in [0.2, 0.25) is 0 Å². The number of carbonyl (C=O) groups is 1. The molecule has 0 saturated heterocycles. The highest BCUT2D eigenvalue weighted by Gasteiger charge is 2.50. The van der Waals surface area contributed by atoms with Gasteiger partial charge in [-0.25, -0.2) is 0 Å². The van der Waals surface area contributed by atoms with Crippen LogP contribution in [0.4, 0.5) is 0 Å². The second-order valence-electron chi connectivity index (χ2n) is 7.39. The molecule has 7 heteroatoms. The van der Waals surface area contributed by atoms with Crippen molar-refractivity contribution in [3.63, 3.8) is 0 Å². The van der Waals surface area contributed by atoms with Crippen LogP contribution in [0.15, 0.2) is 35.5 Å². The number of nitrogens with zero attached hydrogens (tertiary/aromatic N) is 1. The summed E-state index contributed by atoms with van der Waals surface area (Å²) in [6.07, 6.45) is 1.94. The fourth-order valence-electron chi connectivity index (χ4n) is 3.58. The number of thiocarbonyl (C=S) groups is 1. The lowest BCUT2D eigenvalue weighted by atomic mass is 9.84. The Morgan fingerprint density at radius 2 is 2.04 bits per heavy atom. The fourth-order valence-corrected chi connectivity index (χ4v) is 3.75. The van der Waals surface area contributed by atoms with Gasteiger partial charge in [-0.05, 0) is 31.6 Å². The standard InChI is InChI=1S/C21H31N3O3S/c1-6-10-16(19(28)26-5)23-20(25)21(15-11-8-7-9-12-15)13-17(24-27-21)18(22-4)14(2)3/h7-9,11-12,14,16,18,22H,6,10,13H2,1-5H3,(H,23,25)/t16-,18-,21?/m0/s1. The number of benzene rings is 1. The van der Waals surface area contributed by atoms with Crippen LogP contribution in [0.25, 0.3) is 0 Å². The molecule has 0 radical (unpaired) electrons. The summed E-state index contributed by atoms with van der Waals surface area (Å²) in [5.74, 6) is 0.0600. The molecular weight excluding hydrogens is 374 g/mol. The summed E-state index contributed by atoms with van der Waals surface area (Å²) in [4.78, 5) is 19.3. The van der Waals surface area contributed by atoms with Crippen molar-refractivity contribution < 1.29 is 14.4 Å². The number of carbonyl (C=O) groups excluding carboxylic acids is 1. The number of oxime groups is 1. The first-order valence-corrected chi connectivity index (χ1v) is 10.2. The van der Waals surface area contributed by atoms with Gasteiger partial charge in [0.25, 0.3) is 5.91 Å². The molecule has 2 N–H and O–H groups in total. The molecular formula is C21H31N3O3S. The zero-order valence-electron chi connectivity index (χ0n) is 17.3. The van der Waals surface area contributed by atoms with Crippen molar-refractivity contribution in [3.05, 3.63) is 35.9 Å². The van der Waals surface area contributed by atoms with Gasteiger partial charge in [0, 0.05) is 12.0 Å². The lowest BCUT2D eigenvalue weighted by Gasteiger charge is -2.29. The van der Waals surface area contributed by atoms with Gasteiger partial charge >= 0.3 is 0 Å². The predicted octanol–water partition coefficient (Wildman–Crippen LogP) is 3.16. The number of methoxy groups -OCH3 is 1. The molecule has 28 heavy (non-hydrogen) atoms. The molecule has 154 valence electrons. The first kappa shape index (κ1) is 22.3. The molecule has 1 aromatic carbocycles. The van der Waals surface area contributed by atoms with E-state index >= 15 is 0 Å². The highest BCUT2D eigenvalue weighted by Crippen LogP contribution is 2.37. The summed E-state index contributed by atoms with van der Waals surface area (Å²) in [7, 11) is 3.42. The van der Waals surface area contributed by atoms with E-state index in [1.807, 2.05) is 44.3 Å². The molecule has 1 aromatic rings. The zero-order chi connectivity index (χ0) is 20.7. The lowest BCUT2D eigenvalue weighted by Crippen LogP contribution is -2.51. The van der Waals surface area contributed by atoms with Gasteiger partial charge in [-0.1, -0.05) is 62.7 Å². The Hall–Kier alpha value is -1.99. The summed E-state index contributed by atoms with van der Waals surface area (Å²) >= 11 is 5.29. The van der Waals surface area contributed by atoms with Crippen LogP contribution >= 0.6 is 12.2 Å². The first-order chi connectivity index (χ1) is 13.4. The Labute approximate surface area is 173 Å². The van der Waals surface area contributed by atoms with Gasteiger partial charge in [-0.2, -0.15) is 0 Å². The number of hydrogen-bond donors (Lipinski definition) is 2. The van der Waals surface area contributed by atoms with E-state index in [4.69, 9.17) is 21.8 Å². The third-order valence-electron chi connectivity index (χ3n) is 5.06. The summed E-state index contributed by atoms with van der Waals surface area (Å²) < 4.78 is 5.21. The van der Waals surface area contributed by atoms with Gasteiger partial charge in [0.2, 0.25) is 5.60 Å². The predicted molar refractivity (Wildman–Crippen MR) is 115 cm³/mol. The number of ether oxygens (including phenoxy) is 1. The second-order valence-corrected chi connectivity index (χ2v) is 7.79. The monoisotopic (exact) mass is 405 g/mol. The number of nitrogens with one attached hydrogen (secondary N) is 2. The van der Waals surface area contributed by atoms with E-state index in [1.54, 1.807) is 0 Å². The van der Waals surface area contributed by atoms with Crippen molar-refractivity contribution >= 4 is 28.9 Å². The average molecular weight is 406 g/mol. The van der Waals surface area contributed by atoms with Gasteiger partial charge in [-0.3, -0.25) is 4.79 Å². The van der Waals surface area contributed by atoms with Crippen LogP contribution in [-0.4, -0.2) is 42.9 Å². The largest absolute Gasteiger partial charge is 0.488 e. The Kier molecular flexibility index (Phi) is 7.95. The van der Waals surface area contributed by atoms with E-state index in [-0.39, 0.29) is 18.0 Å². The molecule has 1 amide bonds. The van der Waals surface area contributed by atoms with Crippen LogP contribution < -0.4 is 10.6 Å². The molecule has 0 aromatic heterocycles. The van der Waals surface area contributed by atoms with Crippen molar-refractivity contribution in [3.8, 4) is 0 Å². The normalized spacial score (nSPS) is 20.9. The summed E-state index contributed by atoms with van der Waals surface area (Å²) in [6.45, 7) is 6.26. The molecule has 2 rings (SSSR count). The second kappa shape index (κ2) is 9.98. The molecule has 0 bridgehead atoms. The molecule has 1 unspecified atom stereocenters. The number of rotatable bonds is 9. The van der Waals surface area contributed by atoms with Crippen LogP contribution in [-0.2, 0) is 20.0 Å². The Bertz CT molecular complexity index is 708. The minimum atomic E-state index is -1.21. The highest BCUT2D eigenvalue weighted by atomic mass is 32.1. The Morgan fingerprint density at radius 1 is 1.36 bits per heavy atom. The molecule has 0 spiro atoms. The smallest absolute Gasteiger partial charge is 0.272 e. The quantitative estimate of drug-likeness (QED) is 0.618. The van der Waals surface area contributed by atoms with E-state index in [0.29, 0.717) is 23.8 Å². The van der Waals surface area contributed by atoms with Gasteiger partial charge in [0.15, 0.2) is 5.05 Å². The van der Waals surface area contributed by atoms with Gasteiger partial charge in [-0.15, -0.1) is 0 Å². The summed E-state index contributed by atoms with van der Waals surface area (Å²) in [5, 5.41) is 11.0. The minimum absolute atomic E-state index is 0.0323. The third kappa shape index (κ3) is 4.70. The number of hydrogen-bond acceptors (Lipinski definition) is 6. The van der Waals surface area contributed by atoms with E-state index in [0.717, 1.165) is 17.7 Å². The van der Waals surface area contributed by atoms with Crippen LogP contribution in [0.1, 0.15) is 45.6 Å². The average Bonchev–Trinajstić information content (AvgIpc) is 3.14. The molecule has 0 fully saturated rings. The van der Waals surface area contributed by atoms with Gasteiger partial charge in [0.05, 0.1) is 24.9 Å². The van der Waals surface area contributed by atoms with E-state index in [9.17, 15) is 4.79 Å². The van der Waals surface area contributed by atoms with Crippen molar-refractivity contribution in [1.29, 1.82) is 0 Å². The third-order valence-corrected chi connectivity index (χ3v) is 5.51. The molecule has 0 aliphatic carbocycles. The topological polar surface area (TPSA) is 72.0 Å². The molecule has 0 saturated carbocycles. The van der Waals surface area contributed by atoms with Crippen LogP contribution in [0.3, 0.4) is 0 Å². The van der Waals surface area contributed by atoms with Crippen LogP contribution in [0.5, 0.6) is 0 Å². The van der Waals surface area contributed by atoms with Crippen molar-refractivity contribution in [2.75, 3.05) is 14.2 Å². The maximum Gasteiger partial charge on any atom is 0.272 e. The maximum atomic E-state index is 13.5. The molecule has 6 nitrogen and oxygen atoms in total. The minimum Gasteiger partial charge on any atom is -0.488 e. The Morgan fingerprint density at radius 3 is 2.57 bits per heavy atom. The number of amides is 1. The van der Waals surface area contributed by atoms with Crippen LogP contribution in [0, 0.1) is 5.92 Å². The van der Waals surface area contributed by atoms with Crippen molar-refractivity contribution in [1.82, 2.24) is 10.6 Å². The molecule has 1 aliphatic heterocycles. The first-order valence-electron chi connectivity index (χ1n) is 9.76. The SMILES string of the molecule is CCC[C@H](NC(=O)C1(c2ccccc2)CC([C@@H](NC)C(C)C)=NO1)C(=S)OC. The zero-order valence-corrected chi connectivity index (χ0v) is 18.1. The fraction of sp³-hybridized carbons (Fsp3) is 0.571. The molecule has 1 aliphatic rings. The van der Waals surface area contributed by atoms with E-state index < -0.39 is 5.60 Å². The molecule has 3 atom stereocenters. The summed E-state index contributed by atoms with van der Waals surface area (Å²) in [5.41, 5.74) is 0.386. The highest BCUT2D eigenvalue weighted by molar-refractivity contribution is 7.80. The van der Waals surface area contributed by atoms with Gasteiger partial charge in [0.1, 0.15) is 0 Å². The van der Waals surface area contributed by atoms with E-state index in [1.165, 1.54) is 7.11 Å². The lowest BCUT2D eigenvalue weighted by molar-refractivity contribution is -0.145. The summed E-state index contributed by atoms with van der Waals surface area (Å²) in [6, 6.07) is 9.17. The van der Waals surface area contributed by atoms with Crippen molar-refractivity contribution in [2.24, 2.45) is 11.1 Å². The Balaban J connectivity index is 2.34. The van der Waals surface area contributed by atoms with Crippen molar-refractivity contribution in [2.45, 2.75) is 57.7 Å². The maximum absolute atomic E-state index is 13.5. The van der Waals surface area contributed by atoms with E-state index in [2.05, 4.69) is 29.6 Å².